The molecule has 0 saturated heterocycles. The summed E-state index contributed by atoms with van der Waals surface area (Å²) < 4.78 is 8.02. The Morgan fingerprint density at radius 3 is 2.02 bits per heavy atom. The first-order valence-corrected chi connectivity index (χ1v) is 18.5. The van der Waals surface area contributed by atoms with E-state index in [1.54, 1.807) is 0 Å². The fraction of sp³-hybridized carbons (Fsp3) is 0.0426. The maximum atomic E-state index is 6.72. The highest BCUT2D eigenvalue weighted by atomic mass is 32.1. The summed E-state index contributed by atoms with van der Waals surface area (Å²) in [4.78, 5) is 17.2. The van der Waals surface area contributed by atoms with Crippen LogP contribution >= 0.6 is 11.3 Å². The first-order chi connectivity index (χ1) is 25.7. The third kappa shape index (κ3) is 4.63. The average molecular weight is 684 g/mol. The molecule has 0 unspecified atom stereocenters. The summed E-state index contributed by atoms with van der Waals surface area (Å²) in [6.45, 7) is 0. The second-order valence-corrected chi connectivity index (χ2v) is 14.6. The number of fused-ring (bicyclic) bond motifs is 8. The van der Waals surface area contributed by atoms with E-state index in [0.717, 1.165) is 68.0 Å². The van der Waals surface area contributed by atoms with E-state index in [9.17, 15) is 0 Å². The van der Waals surface area contributed by atoms with Gasteiger partial charge in [0.05, 0.1) is 0 Å². The second-order valence-electron chi connectivity index (χ2n) is 13.4. The lowest BCUT2D eigenvalue weighted by atomic mass is 9.94. The molecule has 0 aliphatic heterocycles. The fourth-order valence-electron chi connectivity index (χ4n) is 7.91. The van der Waals surface area contributed by atoms with E-state index in [1.807, 2.05) is 23.5 Å². The van der Waals surface area contributed by atoms with Gasteiger partial charge in [0.2, 0.25) is 0 Å². The van der Waals surface area contributed by atoms with Gasteiger partial charge < -0.3 is 4.42 Å². The molecule has 0 bridgehead atoms. The third-order valence-corrected chi connectivity index (χ3v) is 11.6. The first-order valence-electron chi connectivity index (χ1n) is 17.7. The number of rotatable bonds is 4. The van der Waals surface area contributed by atoms with E-state index in [-0.39, 0.29) is 0 Å². The number of thiophene rings is 1. The Kier molecular flexibility index (Phi) is 6.51. The summed E-state index contributed by atoms with van der Waals surface area (Å²) in [5.74, 6) is 1.98. The number of furan rings is 1. The van der Waals surface area contributed by atoms with Crippen LogP contribution in [0.2, 0.25) is 0 Å². The molecule has 0 spiro atoms. The highest BCUT2D eigenvalue weighted by molar-refractivity contribution is 7.19. The summed E-state index contributed by atoms with van der Waals surface area (Å²) in [5.41, 5.74) is 8.04. The molecule has 3 heterocycles. The van der Waals surface area contributed by atoms with Crippen LogP contribution < -0.4 is 0 Å². The minimum Gasteiger partial charge on any atom is -0.455 e. The molecule has 0 saturated carbocycles. The zero-order chi connectivity index (χ0) is 34.2. The Labute approximate surface area is 303 Å². The molecule has 0 amide bonds. The molecule has 244 valence electrons. The van der Waals surface area contributed by atoms with Crippen LogP contribution in [0.3, 0.4) is 0 Å². The summed E-state index contributed by atoms with van der Waals surface area (Å²) in [5, 5.41) is 8.04. The number of aromatic nitrogens is 3. The van der Waals surface area contributed by atoms with Crippen LogP contribution in [0.25, 0.3) is 93.0 Å². The maximum absolute atomic E-state index is 6.72. The van der Waals surface area contributed by atoms with Crippen molar-refractivity contribution >= 4 is 70.5 Å². The van der Waals surface area contributed by atoms with Crippen molar-refractivity contribution in [1.82, 2.24) is 15.0 Å². The van der Waals surface area contributed by atoms with Crippen LogP contribution in [0, 0.1) is 0 Å². The normalized spacial score (nSPS) is 13.0. The molecule has 1 aliphatic rings. The van der Waals surface area contributed by atoms with E-state index >= 15 is 0 Å². The lowest BCUT2D eigenvalue weighted by Crippen LogP contribution is -2.06. The molecular formula is C47H29N3OS. The van der Waals surface area contributed by atoms with E-state index in [4.69, 9.17) is 19.4 Å². The Hall–Kier alpha value is -6.43. The molecule has 0 atom stereocenters. The van der Waals surface area contributed by atoms with Crippen molar-refractivity contribution in [2.75, 3.05) is 0 Å². The van der Waals surface area contributed by atoms with Crippen molar-refractivity contribution in [3.05, 3.63) is 168 Å². The lowest BCUT2D eigenvalue weighted by Gasteiger charge is -2.16. The van der Waals surface area contributed by atoms with E-state index in [1.165, 1.54) is 36.7 Å². The first kappa shape index (κ1) is 29.3. The number of hydrogen-bond acceptors (Lipinski definition) is 5. The summed E-state index contributed by atoms with van der Waals surface area (Å²) in [6, 6.07) is 51.2. The minimum atomic E-state index is 0.630. The molecule has 52 heavy (non-hydrogen) atoms. The van der Waals surface area contributed by atoms with Crippen molar-refractivity contribution in [1.29, 1.82) is 0 Å². The molecule has 3 aromatic heterocycles. The topological polar surface area (TPSA) is 51.8 Å². The molecule has 10 aromatic rings. The van der Waals surface area contributed by atoms with Gasteiger partial charge in [0.25, 0.3) is 0 Å². The standard InChI is InChI=1S/C47H29N3OS/c1-3-12-30-26-32(24-22-28(30)10-1)34-15-7-16-36-42-37(17-8-19-39(42)51-44(34)36)46-48-45(33-25-23-29-11-2-4-13-31(29)27-33)49-47(50-46)38-18-9-21-41-43(38)35-14-5-6-20-40(35)52-41/h1-8,10-20,22-27H,9,21H2. The predicted molar refractivity (Wildman–Crippen MR) is 216 cm³/mol. The highest BCUT2D eigenvalue weighted by Crippen LogP contribution is 2.44. The number of benzene rings is 7. The van der Waals surface area contributed by atoms with Gasteiger partial charge in [-0.3, -0.25) is 0 Å². The van der Waals surface area contributed by atoms with E-state index in [0.29, 0.717) is 17.5 Å². The zero-order valence-corrected chi connectivity index (χ0v) is 28.8. The van der Waals surface area contributed by atoms with Gasteiger partial charge in [-0.15, -0.1) is 11.3 Å². The van der Waals surface area contributed by atoms with Crippen LogP contribution in [-0.2, 0) is 6.42 Å². The van der Waals surface area contributed by atoms with Crippen LogP contribution in [0.1, 0.15) is 22.7 Å². The average Bonchev–Trinajstić information content (AvgIpc) is 3.79. The summed E-state index contributed by atoms with van der Waals surface area (Å²) in [6.07, 6.45) is 4.28. The summed E-state index contributed by atoms with van der Waals surface area (Å²) >= 11 is 1.88. The number of nitrogens with zero attached hydrogens (tertiary/aromatic N) is 3. The molecular weight excluding hydrogens is 655 g/mol. The van der Waals surface area contributed by atoms with E-state index in [2.05, 4.69) is 140 Å². The van der Waals surface area contributed by atoms with E-state index < -0.39 is 0 Å². The van der Waals surface area contributed by atoms with Crippen LogP contribution in [0.15, 0.2) is 156 Å². The zero-order valence-electron chi connectivity index (χ0n) is 28.0. The molecule has 11 rings (SSSR count). The number of allylic oxidation sites excluding steroid dienone is 1. The van der Waals surface area contributed by atoms with Gasteiger partial charge in [-0.1, -0.05) is 127 Å². The van der Waals surface area contributed by atoms with Crippen molar-refractivity contribution < 1.29 is 4.42 Å². The molecule has 5 heteroatoms. The number of para-hydroxylation sites is 1. The summed E-state index contributed by atoms with van der Waals surface area (Å²) in [7, 11) is 0. The molecule has 0 radical (unpaired) electrons. The smallest absolute Gasteiger partial charge is 0.164 e. The van der Waals surface area contributed by atoms with Gasteiger partial charge in [-0.2, -0.15) is 0 Å². The molecule has 7 aromatic carbocycles. The maximum Gasteiger partial charge on any atom is 0.164 e. The highest BCUT2D eigenvalue weighted by Gasteiger charge is 2.25. The van der Waals surface area contributed by atoms with Crippen molar-refractivity contribution in [3.63, 3.8) is 0 Å². The SMILES string of the molecule is C1=C(c2nc(-c3ccc4ccccc4c3)nc(-c3cccc4oc5c(-c6ccc7ccccc7c6)cccc5c34)n2)c2c(sc3ccccc23)CC1. The van der Waals surface area contributed by atoms with Crippen molar-refractivity contribution in [3.8, 4) is 33.9 Å². The van der Waals surface area contributed by atoms with Gasteiger partial charge in [-0.05, 0) is 64.2 Å². The van der Waals surface area contributed by atoms with Gasteiger partial charge >= 0.3 is 0 Å². The Morgan fingerprint density at radius 2 is 1.17 bits per heavy atom. The number of aryl methyl sites for hydroxylation is 1. The Morgan fingerprint density at radius 1 is 0.519 bits per heavy atom. The molecule has 1 aliphatic carbocycles. The van der Waals surface area contributed by atoms with Gasteiger partial charge in [0.1, 0.15) is 11.2 Å². The lowest BCUT2D eigenvalue weighted by molar-refractivity contribution is 0.670. The predicted octanol–water partition coefficient (Wildman–Crippen LogP) is 12.7. The Balaban J connectivity index is 1.15. The van der Waals surface area contributed by atoms with Crippen LogP contribution in [-0.4, -0.2) is 15.0 Å². The van der Waals surface area contributed by atoms with Crippen LogP contribution in [0.5, 0.6) is 0 Å². The van der Waals surface area contributed by atoms with Crippen molar-refractivity contribution in [2.24, 2.45) is 0 Å². The monoisotopic (exact) mass is 683 g/mol. The van der Waals surface area contributed by atoms with Gasteiger partial charge in [-0.25, -0.2) is 15.0 Å². The minimum absolute atomic E-state index is 0.630. The molecule has 0 fully saturated rings. The molecule has 0 N–H and O–H groups in total. The fourth-order valence-corrected chi connectivity index (χ4v) is 9.15. The number of hydrogen-bond donors (Lipinski definition) is 0. The van der Waals surface area contributed by atoms with Gasteiger partial charge in [0.15, 0.2) is 17.5 Å². The Bertz CT molecular complexity index is 3100. The van der Waals surface area contributed by atoms with Crippen molar-refractivity contribution in [2.45, 2.75) is 12.8 Å². The largest absolute Gasteiger partial charge is 0.455 e. The third-order valence-electron chi connectivity index (χ3n) is 10.4. The quantitative estimate of drug-likeness (QED) is 0.185. The molecule has 4 nitrogen and oxygen atoms in total. The van der Waals surface area contributed by atoms with Crippen LogP contribution in [0.4, 0.5) is 0 Å². The van der Waals surface area contributed by atoms with Gasteiger partial charge in [0, 0.05) is 53.6 Å². The second kappa shape index (κ2) is 11.6.